The summed E-state index contributed by atoms with van der Waals surface area (Å²) in [6.45, 7) is 10.5. The maximum Gasteiger partial charge on any atom is 0.0964 e. The summed E-state index contributed by atoms with van der Waals surface area (Å²) in [6, 6.07) is 6.36. The number of thiazole rings is 1. The highest BCUT2D eigenvalue weighted by Gasteiger charge is 2.07. The van der Waals surface area contributed by atoms with E-state index in [2.05, 4.69) is 44.0 Å². The molecule has 0 fully saturated rings. The summed E-state index contributed by atoms with van der Waals surface area (Å²) in [6.07, 6.45) is 0. The van der Waals surface area contributed by atoms with Crippen molar-refractivity contribution in [2.24, 2.45) is 0 Å². The molecule has 82 valence electrons. The molecule has 0 aliphatic rings. The van der Waals surface area contributed by atoms with Crippen molar-refractivity contribution in [2.75, 3.05) is 0 Å². The summed E-state index contributed by atoms with van der Waals surface area (Å²) < 4.78 is 1.31. The Balaban J connectivity index is 0.000000531. The van der Waals surface area contributed by atoms with E-state index in [0.29, 0.717) is 5.92 Å². The van der Waals surface area contributed by atoms with Crippen molar-refractivity contribution in [3.05, 3.63) is 28.8 Å². The molecular weight excluding hydrogens is 202 g/mol. The Hall–Kier alpha value is -0.890. The average molecular weight is 221 g/mol. The first-order chi connectivity index (χ1) is 7.18. The number of hydrogen-bond donors (Lipinski definition) is 0. The number of fused-ring (bicyclic) bond motifs is 1. The molecule has 0 aliphatic carbocycles. The minimum Gasteiger partial charge on any atom is -0.241 e. The first-order valence-electron chi connectivity index (χ1n) is 5.54. The Labute approximate surface area is 96.2 Å². The summed E-state index contributed by atoms with van der Waals surface area (Å²) in [4.78, 5) is 4.63. The third-order valence-electron chi connectivity index (χ3n) is 2.13. The molecule has 15 heavy (non-hydrogen) atoms. The van der Waals surface area contributed by atoms with Gasteiger partial charge in [0.1, 0.15) is 0 Å². The van der Waals surface area contributed by atoms with Gasteiger partial charge in [0.2, 0.25) is 0 Å². The monoisotopic (exact) mass is 221 g/mol. The number of nitrogens with zero attached hydrogens (tertiary/aromatic N) is 1. The molecule has 2 heteroatoms. The molecule has 0 aliphatic heterocycles. The zero-order chi connectivity index (χ0) is 11.4. The summed E-state index contributed by atoms with van der Waals surface area (Å²) in [5, 5.41) is 1.24. The van der Waals surface area contributed by atoms with Crippen LogP contribution in [-0.4, -0.2) is 4.98 Å². The van der Waals surface area contributed by atoms with Crippen LogP contribution < -0.4 is 0 Å². The first kappa shape index (κ1) is 12.2. The fourth-order valence-corrected chi connectivity index (χ4v) is 2.40. The molecule has 0 radical (unpaired) electrons. The van der Waals surface area contributed by atoms with Crippen molar-refractivity contribution < 1.29 is 0 Å². The number of rotatable bonds is 1. The van der Waals surface area contributed by atoms with Crippen LogP contribution in [0, 0.1) is 6.92 Å². The highest BCUT2D eigenvalue weighted by Crippen LogP contribution is 2.28. The van der Waals surface area contributed by atoms with Gasteiger partial charge in [-0.05, 0) is 18.6 Å². The molecular formula is C13H19NS. The van der Waals surface area contributed by atoms with Gasteiger partial charge < -0.3 is 0 Å². The van der Waals surface area contributed by atoms with E-state index in [1.54, 1.807) is 0 Å². The number of hydrogen-bond acceptors (Lipinski definition) is 2. The standard InChI is InChI=1S/C11H13NS.C2H6/c1-7(2)11-12-10-8(3)5-4-6-9(10)13-11;1-2/h4-7H,1-3H3;1-2H3. The molecule has 0 saturated carbocycles. The molecule has 0 bridgehead atoms. The Bertz CT molecular complexity index is 429. The third kappa shape index (κ3) is 2.57. The van der Waals surface area contributed by atoms with Crippen LogP contribution in [0.25, 0.3) is 10.2 Å². The van der Waals surface area contributed by atoms with Crippen molar-refractivity contribution in [1.82, 2.24) is 4.98 Å². The predicted octanol–water partition coefficient (Wildman–Crippen LogP) is 4.75. The fourth-order valence-electron chi connectivity index (χ4n) is 1.35. The van der Waals surface area contributed by atoms with Gasteiger partial charge >= 0.3 is 0 Å². The number of para-hydroxylation sites is 1. The molecule has 0 saturated heterocycles. The van der Waals surface area contributed by atoms with Gasteiger partial charge in [0.15, 0.2) is 0 Å². The summed E-state index contributed by atoms with van der Waals surface area (Å²) in [7, 11) is 0. The van der Waals surface area contributed by atoms with Gasteiger partial charge in [-0.3, -0.25) is 0 Å². The van der Waals surface area contributed by atoms with E-state index in [4.69, 9.17) is 0 Å². The van der Waals surface area contributed by atoms with Crippen molar-refractivity contribution in [3.63, 3.8) is 0 Å². The van der Waals surface area contributed by atoms with E-state index < -0.39 is 0 Å². The van der Waals surface area contributed by atoms with Gasteiger partial charge in [0.25, 0.3) is 0 Å². The lowest BCUT2D eigenvalue weighted by molar-refractivity contribution is 0.856. The fraction of sp³-hybridized carbons (Fsp3) is 0.462. The Morgan fingerprint density at radius 1 is 1.20 bits per heavy atom. The maximum absolute atomic E-state index is 4.63. The topological polar surface area (TPSA) is 12.9 Å². The largest absolute Gasteiger partial charge is 0.241 e. The number of benzene rings is 1. The lowest BCUT2D eigenvalue weighted by atomic mass is 10.2. The van der Waals surface area contributed by atoms with Crippen LogP contribution in [0.15, 0.2) is 18.2 Å². The summed E-state index contributed by atoms with van der Waals surface area (Å²) >= 11 is 1.81. The van der Waals surface area contributed by atoms with E-state index in [9.17, 15) is 0 Å². The van der Waals surface area contributed by atoms with Crippen molar-refractivity contribution in [2.45, 2.75) is 40.5 Å². The highest BCUT2D eigenvalue weighted by molar-refractivity contribution is 7.18. The van der Waals surface area contributed by atoms with Crippen LogP contribution in [0.4, 0.5) is 0 Å². The Kier molecular flexibility index (Phi) is 4.28. The molecule has 1 aromatic carbocycles. The van der Waals surface area contributed by atoms with Gasteiger partial charge in [0.05, 0.1) is 15.2 Å². The van der Waals surface area contributed by atoms with Crippen LogP contribution >= 0.6 is 11.3 Å². The van der Waals surface area contributed by atoms with Crippen LogP contribution in [0.1, 0.15) is 44.2 Å². The Morgan fingerprint density at radius 2 is 1.87 bits per heavy atom. The molecule has 0 N–H and O–H groups in total. The Morgan fingerprint density at radius 3 is 2.40 bits per heavy atom. The normalized spacial score (nSPS) is 10.3. The summed E-state index contributed by atoms with van der Waals surface area (Å²) in [5.74, 6) is 0.539. The number of aryl methyl sites for hydroxylation is 1. The lowest BCUT2D eigenvalue weighted by Crippen LogP contribution is -1.83. The zero-order valence-electron chi connectivity index (χ0n) is 10.2. The van der Waals surface area contributed by atoms with Crippen LogP contribution in [0.3, 0.4) is 0 Å². The quantitative estimate of drug-likeness (QED) is 0.677. The van der Waals surface area contributed by atoms with E-state index in [1.165, 1.54) is 20.8 Å². The van der Waals surface area contributed by atoms with Gasteiger partial charge in [-0.15, -0.1) is 11.3 Å². The van der Waals surface area contributed by atoms with Gasteiger partial charge in [-0.1, -0.05) is 39.8 Å². The second kappa shape index (κ2) is 5.26. The first-order valence-corrected chi connectivity index (χ1v) is 6.36. The average Bonchev–Trinajstić information content (AvgIpc) is 2.66. The SMILES string of the molecule is CC.Cc1cccc2sc(C(C)C)nc12. The van der Waals surface area contributed by atoms with Crippen molar-refractivity contribution in [1.29, 1.82) is 0 Å². The van der Waals surface area contributed by atoms with Crippen LogP contribution in [0.2, 0.25) is 0 Å². The molecule has 1 heterocycles. The highest BCUT2D eigenvalue weighted by atomic mass is 32.1. The van der Waals surface area contributed by atoms with Crippen LogP contribution in [-0.2, 0) is 0 Å². The van der Waals surface area contributed by atoms with Crippen LogP contribution in [0.5, 0.6) is 0 Å². The summed E-state index contributed by atoms with van der Waals surface area (Å²) in [5.41, 5.74) is 2.46. The van der Waals surface area contributed by atoms with E-state index >= 15 is 0 Å². The third-order valence-corrected chi connectivity index (χ3v) is 3.45. The van der Waals surface area contributed by atoms with Crippen molar-refractivity contribution >= 4 is 21.6 Å². The molecule has 0 spiro atoms. The molecule has 0 amide bonds. The molecule has 0 unspecified atom stereocenters. The molecule has 2 rings (SSSR count). The van der Waals surface area contributed by atoms with E-state index in [-0.39, 0.29) is 0 Å². The molecule has 1 aromatic heterocycles. The maximum atomic E-state index is 4.63. The minimum absolute atomic E-state index is 0.539. The van der Waals surface area contributed by atoms with Gasteiger partial charge in [-0.25, -0.2) is 4.98 Å². The zero-order valence-corrected chi connectivity index (χ0v) is 11.0. The number of aromatic nitrogens is 1. The van der Waals surface area contributed by atoms with Crippen molar-refractivity contribution in [3.8, 4) is 0 Å². The second-order valence-corrected chi connectivity index (χ2v) is 4.69. The predicted molar refractivity (Wildman–Crippen MR) is 69.8 cm³/mol. The molecule has 0 atom stereocenters. The second-order valence-electron chi connectivity index (χ2n) is 3.63. The van der Waals surface area contributed by atoms with E-state index in [0.717, 1.165) is 0 Å². The smallest absolute Gasteiger partial charge is 0.0964 e. The molecule has 2 aromatic rings. The van der Waals surface area contributed by atoms with Gasteiger partial charge in [0, 0.05) is 5.92 Å². The lowest BCUT2D eigenvalue weighted by Gasteiger charge is -1.94. The van der Waals surface area contributed by atoms with E-state index in [1.807, 2.05) is 25.2 Å². The van der Waals surface area contributed by atoms with Gasteiger partial charge in [-0.2, -0.15) is 0 Å². The minimum atomic E-state index is 0.539. The molecule has 1 nitrogen and oxygen atoms in total.